The number of hydrogen-bond donors (Lipinski definition) is 0. The van der Waals surface area contributed by atoms with Crippen LogP contribution in [0.1, 0.15) is 11.1 Å². The molecule has 0 heterocycles. The molecule has 0 fully saturated rings. The molecule has 0 unspecified atom stereocenters. The lowest BCUT2D eigenvalue weighted by Crippen LogP contribution is -2.07. The standard InChI is InChI=1S/C54H20/c1-2-20-14-22-5-6-24-16-26-9-11-29-18-30-12-10-28-17-27-8-7-25-15-23-4-3-21-13-19(1)31-32(20)44-34(22)36(24)46-39(26)41(29)48-42(30)40(28)47-38(27)37(25)45-35(23)33(21)43(31)49-50(44)52(46)54(48)53(47)51(45)49/h1-9,11,13-18H,10,12H2. The third-order valence-electron chi connectivity index (χ3n) is 15.8. The highest BCUT2D eigenvalue weighted by Crippen LogP contribution is 2.65. The maximum Gasteiger partial charge on any atom is -0.00000152 e. The molecule has 0 aliphatic heterocycles. The predicted octanol–water partition coefficient (Wildman–Crippen LogP) is 15.2. The highest BCUT2D eigenvalue weighted by Gasteiger charge is 2.36. The zero-order valence-corrected chi connectivity index (χ0v) is 28.7. The van der Waals surface area contributed by atoms with Crippen molar-refractivity contribution in [3.8, 4) is 0 Å². The van der Waals surface area contributed by atoms with Crippen LogP contribution < -0.4 is 0 Å². The van der Waals surface area contributed by atoms with Gasteiger partial charge in [-0.05, 0) is 231 Å². The first kappa shape index (κ1) is 23.7. The Bertz CT molecular complexity index is 4380. The molecule has 18 aromatic rings. The van der Waals surface area contributed by atoms with E-state index in [2.05, 4.69) is 97.1 Å². The molecule has 1 aliphatic carbocycles. The normalized spacial score (nSPS) is 15.3. The molecule has 0 heteroatoms. The molecule has 0 radical (unpaired) electrons. The van der Waals surface area contributed by atoms with Gasteiger partial charge in [-0.15, -0.1) is 0 Å². The summed E-state index contributed by atoms with van der Waals surface area (Å²) in [4.78, 5) is 0. The number of aryl methyl sites for hydroxylation is 2. The van der Waals surface area contributed by atoms with Gasteiger partial charge in [0.2, 0.25) is 0 Å². The summed E-state index contributed by atoms with van der Waals surface area (Å²) in [5.41, 5.74) is 3.09. The second-order valence-corrected chi connectivity index (χ2v) is 17.6. The lowest BCUT2D eigenvalue weighted by molar-refractivity contribution is 0.972. The molecule has 0 saturated heterocycles. The maximum atomic E-state index is 2.59. The number of benzene rings is 18. The van der Waals surface area contributed by atoms with Crippen molar-refractivity contribution in [1.82, 2.24) is 0 Å². The smallest absolute Gasteiger partial charge is 0.00000152 e. The molecule has 0 spiro atoms. The van der Waals surface area contributed by atoms with Gasteiger partial charge in [0, 0.05) is 0 Å². The molecular weight excluding hydrogens is 649 g/mol. The second kappa shape index (κ2) is 6.66. The van der Waals surface area contributed by atoms with E-state index in [1.807, 2.05) is 0 Å². The fraction of sp³-hybridized carbons (Fsp3) is 0.0370. The molecule has 0 aromatic heterocycles. The highest BCUT2D eigenvalue weighted by molar-refractivity contribution is 6.66. The summed E-state index contributed by atoms with van der Waals surface area (Å²) in [6, 6.07) is 39.5. The molecule has 0 atom stereocenters. The Balaban J connectivity index is 1.39. The molecule has 19 rings (SSSR count). The van der Waals surface area contributed by atoms with Crippen LogP contribution >= 0.6 is 0 Å². The van der Waals surface area contributed by atoms with Crippen LogP contribution in [0.3, 0.4) is 0 Å². The quantitative estimate of drug-likeness (QED) is 0.111. The summed E-state index contributed by atoms with van der Waals surface area (Å²) < 4.78 is 0. The molecule has 54 heavy (non-hydrogen) atoms. The van der Waals surface area contributed by atoms with E-state index >= 15 is 0 Å². The summed E-state index contributed by atoms with van der Waals surface area (Å²) >= 11 is 0. The first-order valence-corrected chi connectivity index (χ1v) is 19.7. The topological polar surface area (TPSA) is 0 Å². The van der Waals surface area contributed by atoms with E-state index < -0.39 is 0 Å². The number of rotatable bonds is 0. The minimum Gasteiger partial charge on any atom is -0.0537 e. The lowest BCUT2D eigenvalue weighted by atomic mass is 9.69. The summed E-state index contributed by atoms with van der Waals surface area (Å²) in [6.07, 6.45) is 2.21. The minimum absolute atomic E-state index is 1.10. The van der Waals surface area contributed by atoms with Crippen LogP contribution in [-0.4, -0.2) is 0 Å². The van der Waals surface area contributed by atoms with Gasteiger partial charge in [0.15, 0.2) is 0 Å². The SMILES string of the molecule is c1cc2cc3ccc4cc5ccc6cc7ccc8cc9ccc%10cc%11c%12c%13c(cc1c1c2c2c3c4c3c5c6c4c7c8c5c9c%10c%12c6c(c%131)c2c3c4c56)CC%11. The van der Waals surface area contributed by atoms with Crippen LogP contribution in [-0.2, 0) is 12.8 Å². The van der Waals surface area contributed by atoms with Crippen molar-refractivity contribution >= 4 is 183 Å². The third kappa shape index (κ3) is 1.91. The monoisotopic (exact) mass is 668 g/mol. The Kier molecular flexibility index (Phi) is 2.93. The van der Waals surface area contributed by atoms with Crippen LogP contribution in [0.4, 0.5) is 0 Å². The van der Waals surface area contributed by atoms with E-state index in [0.29, 0.717) is 0 Å². The third-order valence-corrected chi connectivity index (χ3v) is 15.8. The van der Waals surface area contributed by atoms with Crippen LogP contribution in [0, 0.1) is 0 Å². The van der Waals surface area contributed by atoms with Gasteiger partial charge in [-0.25, -0.2) is 0 Å². The van der Waals surface area contributed by atoms with Crippen LogP contribution in [0.25, 0.3) is 183 Å². The molecule has 1 aliphatic rings. The van der Waals surface area contributed by atoms with Gasteiger partial charge in [-0.1, -0.05) is 72.8 Å². The molecule has 0 bridgehead atoms. The van der Waals surface area contributed by atoms with Crippen molar-refractivity contribution in [2.75, 3.05) is 0 Å². The van der Waals surface area contributed by atoms with Gasteiger partial charge in [0.1, 0.15) is 0 Å². The van der Waals surface area contributed by atoms with Gasteiger partial charge in [-0.3, -0.25) is 0 Å². The predicted molar refractivity (Wildman–Crippen MR) is 234 cm³/mol. The molecule has 0 nitrogen and oxygen atoms in total. The van der Waals surface area contributed by atoms with Gasteiger partial charge >= 0.3 is 0 Å². The van der Waals surface area contributed by atoms with Crippen molar-refractivity contribution in [2.24, 2.45) is 0 Å². The summed E-state index contributed by atoms with van der Waals surface area (Å²) in [5, 5.41) is 50.2. The molecule has 0 N–H and O–H groups in total. The van der Waals surface area contributed by atoms with Crippen molar-refractivity contribution in [3.05, 3.63) is 108 Å². The van der Waals surface area contributed by atoms with E-state index in [1.54, 1.807) is 43.4 Å². The van der Waals surface area contributed by atoms with E-state index in [0.717, 1.165) is 12.8 Å². The van der Waals surface area contributed by atoms with E-state index in [1.165, 1.54) is 151 Å². The Hall–Kier alpha value is -6.76. The van der Waals surface area contributed by atoms with Gasteiger partial charge < -0.3 is 0 Å². The number of hydrogen-bond acceptors (Lipinski definition) is 0. The van der Waals surface area contributed by atoms with Crippen LogP contribution in [0.15, 0.2) is 97.1 Å². The minimum atomic E-state index is 1.10. The van der Waals surface area contributed by atoms with Gasteiger partial charge in [0.25, 0.3) is 0 Å². The first-order chi connectivity index (χ1) is 26.8. The average Bonchev–Trinajstić information content (AvgIpc) is 3.21. The summed E-state index contributed by atoms with van der Waals surface area (Å²) in [6.45, 7) is 0. The summed E-state index contributed by atoms with van der Waals surface area (Å²) in [5.74, 6) is 0. The van der Waals surface area contributed by atoms with Crippen LogP contribution in [0.2, 0.25) is 0 Å². The van der Waals surface area contributed by atoms with Gasteiger partial charge in [0.05, 0.1) is 0 Å². The van der Waals surface area contributed by atoms with E-state index in [9.17, 15) is 0 Å². The second-order valence-electron chi connectivity index (χ2n) is 17.6. The van der Waals surface area contributed by atoms with E-state index in [4.69, 9.17) is 0 Å². The first-order valence-electron chi connectivity index (χ1n) is 19.7. The Labute approximate surface area is 303 Å². The van der Waals surface area contributed by atoms with Crippen molar-refractivity contribution < 1.29 is 0 Å². The Morgan fingerprint density at radius 2 is 0.333 bits per heavy atom. The maximum absolute atomic E-state index is 2.59. The summed E-state index contributed by atoms with van der Waals surface area (Å²) in [7, 11) is 0. The lowest BCUT2D eigenvalue weighted by Gasteiger charge is -2.33. The largest absolute Gasteiger partial charge is 0.0537 e. The Morgan fingerprint density at radius 1 is 0.167 bits per heavy atom. The molecule has 0 amide bonds. The fourth-order valence-corrected chi connectivity index (χ4v) is 14.3. The van der Waals surface area contributed by atoms with Gasteiger partial charge in [-0.2, -0.15) is 0 Å². The van der Waals surface area contributed by atoms with E-state index in [-0.39, 0.29) is 0 Å². The molecule has 18 aromatic carbocycles. The fourth-order valence-electron chi connectivity index (χ4n) is 14.3. The van der Waals surface area contributed by atoms with Crippen molar-refractivity contribution in [3.63, 3.8) is 0 Å². The Morgan fingerprint density at radius 3 is 0.556 bits per heavy atom. The van der Waals surface area contributed by atoms with Crippen molar-refractivity contribution in [1.29, 1.82) is 0 Å². The van der Waals surface area contributed by atoms with Crippen LogP contribution in [0.5, 0.6) is 0 Å². The molecular formula is C54H20. The zero-order chi connectivity index (χ0) is 33.5. The van der Waals surface area contributed by atoms with Crippen molar-refractivity contribution in [2.45, 2.75) is 12.8 Å². The highest BCUT2D eigenvalue weighted by atomic mass is 14.4. The molecule has 236 valence electrons. The zero-order valence-electron chi connectivity index (χ0n) is 28.7. The molecule has 0 saturated carbocycles. The average molecular weight is 669 g/mol.